The molecule has 1 aromatic carbocycles. The van der Waals surface area contributed by atoms with Gasteiger partial charge in [-0.15, -0.1) is 11.8 Å². The second-order valence-corrected chi connectivity index (χ2v) is 7.62. The van der Waals surface area contributed by atoms with Crippen molar-refractivity contribution in [2.45, 2.75) is 32.6 Å². The zero-order chi connectivity index (χ0) is 21.2. The van der Waals surface area contributed by atoms with Crippen LogP contribution in [-0.4, -0.2) is 23.4 Å². The summed E-state index contributed by atoms with van der Waals surface area (Å²) in [7, 11) is 0. The Morgan fingerprint density at radius 2 is 2.03 bits per heavy atom. The van der Waals surface area contributed by atoms with Crippen LogP contribution in [0.2, 0.25) is 0 Å². The Labute approximate surface area is 178 Å². The van der Waals surface area contributed by atoms with Crippen molar-refractivity contribution in [3.63, 3.8) is 0 Å². The fraction of sp³-hybridized carbons (Fsp3) is 0.250. The van der Waals surface area contributed by atoms with Gasteiger partial charge in [-0.3, -0.25) is 4.98 Å². The minimum Gasteiger partial charge on any atom is -0.338 e. The number of benzene rings is 1. The van der Waals surface area contributed by atoms with Gasteiger partial charge >= 0.3 is 6.03 Å². The lowest BCUT2D eigenvalue weighted by molar-refractivity contribution is 0.243. The molecule has 4 nitrogen and oxygen atoms in total. The van der Waals surface area contributed by atoms with E-state index >= 15 is 0 Å². The second kappa shape index (κ2) is 11.3. The van der Waals surface area contributed by atoms with Crippen molar-refractivity contribution in [1.29, 1.82) is 0 Å². The molecule has 5 heteroatoms. The Morgan fingerprint density at radius 1 is 1.24 bits per heavy atom. The third kappa shape index (κ3) is 6.64. The molecule has 0 unspecified atom stereocenters. The SMILES string of the molecule is C=C(C)/C=C\C(=C/C)c1cc(C)c(SCNC(=O)NCC)c(-c2ccccn2)c1. The molecule has 0 aliphatic heterocycles. The third-order valence-electron chi connectivity index (χ3n) is 4.19. The van der Waals surface area contributed by atoms with Crippen LogP contribution < -0.4 is 10.6 Å². The first kappa shape index (κ1) is 22.5. The van der Waals surface area contributed by atoms with Crippen LogP contribution in [0, 0.1) is 6.92 Å². The van der Waals surface area contributed by atoms with Gasteiger partial charge in [-0.05, 0) is 62.6 Å². The van der Waals surface area contributed by atoms with Gasteiger partial charge in [0.15, 0.2) is 0 Å². The van der Waals surface area contributed by atoms with Gasteiger partial charge in [0.1, 0.15) is 0 Å². The number of pyridine rings is 1. The molecule has 0 saturated heterocycles. The lowest BCUT2D eigenvalue weighted by atomic mass is 9.97. The Bertz CT molecular complexity index is 917. The molecule has 29 heavy (non-hydrogen) atoms. The quantitative estimate of drug-likeness (QED) is 0.322. The minimum absolute atomic E-state index is 0.158. The highest BCUT2D eigenvalue weighted by atomic mass is 32.2. The van der Waals surface area contributed by atoms with Crippen molar-refractivity contribution in [2.75, 3.05) is 12.4 Å². The number of urea groups is 1. The third-order valence-corrected chi connectivity index (χ3v) is 5.31. The highest BCUT2D eigenvalue weighted by molar-refractivity contribution is 7.99. The number of rotatable bonds is 8. The van der Waals surface area contributed by atoms with Crippen LogP contribution in [-0.2, 0) is 0 Å². The molecule has 2 N–H and O–H groups in total. The van der Waals surface area contributed by atoms with Crippen LogP contribution in [0.1, 0.15) is 31.9 Å². The van der Waals surface area contributed by atoms with Crippen molar-refractivity contribution in [3.8, 4) is 11.3 Å². The van der Waals surface area contributed by atoms with Crippen LogP contribution in [0.4, 0.5) is 4.79 Å². The fourth-order valence-corrected chi connectivity index (χ4v) is 3.79. The second-order valence-electron chi connectivity index (χ2n) is 6.63. The van der Waals surface area contributed by atoms with E-state index in [2.05, 4.69) is 53.4 Å². The highest BCUT2D eigenvalue weighted by Crippen LogP contribution is 2.36. The number of hydrogen-bond donors (Lipinski definition) is 2. The number of nitrogens with one attached hydrogen (secondary N) is 2. The molecule has 0 fully saturated rings. The van der Waals surface area contributed by atoms with E-state index in [-0.39, 0.29) is 6.03 Å². The van der Waals surface area contributed by atoms with Crippen LogP contribution in [0.3, 0.4) is 0 Å². The predicted octanol–water partition coefficient (Wildman–Crippen LogP) is 5.96. The number of carbonyl (C=O) groups excluding carboxylic acids is 1. The molecule has 0 atom stereocenters. The number of aromatic nitrogens is 1. The molecule has 0 aliphatic rings. The summed E-state index contributed by atoms with van der Waals surface area (Å²) in [6.07, 6.45) is 8.00. The highest BCUT2D eigenvalue weighted by Gasteiger charge is 2.13. The van der Waals surface area contributed by atoms with Gasteiger partial charge in [-0.25, -0.2) is 4.79 Å². The average molecular weight is 408 g/mol. The maximum absolute atomic E-state index is 11.7. The van der Waals surface area contributed by atoms with Gasteiger partial charge in [0.05, 0.1) is 11.6 Å². The van der Waals surface area contributed by atoms with Crippen LogP contribution in [0.25, 0.3) is 16.8 Å². The molecular weight excluding hydrogens is 378 g/mol. The summed E-state index contributed by atoms with van der Waals surface area (Å²) in [4.78, 5) is 17.4. The summed E-state index contributed by atoms with van der Waals surface area (Å²) in [5.74, 6) is 0.484. The molecule has 0 aliphatic carbocycles. The van der Waals surface area contributed by atoms with Crippen molar-refractivity contribution >= 4 is 23.4 Å². The zero-order valence-electron chi connectivity index (χ0n) is 17.6. The maximum Gasteiger partial charge on any atom is 0.315 e. The molecule has 0 bridgehead atoms. The van der Waals surface area contributed by atoms with Crippen LogP contribution in [0.5, 0.6) is 0 Å². The first-order valence-corrected chi connectivity index (χ1v) is 10.7. The monoisotopic (exact) mass is 407 g/mol. The Morgan fingerprint density at radius 3 is 2.66 bits per heavy atom. The summed E-state index contributed by atoms with van der Waals surface area (Å²) >= 11 is 1.61. The Kier molecular flexibility index (Phi) is 8.74. The molecule has 1 aromatic heterocycles. The normalized spacial score (nSPS) is 11.5. The van der Waals surface area contributed by atoms with E-state index in [4.69, 9.17) is 0 Å². The molecular formula is C24H29N3OS. The van der Waals surface area contributed by atoms with E-state index in [1.807, 2.05) is 45.0 Å². The number of amides is 2. The predicted molar refractivity (Wildman–Crippen MR) is 125 cm³/mol. The van der Waals surface area contributed by atoms with Crippen molar-refractivity contribution < 1.29 is 4.79 Å². The molecule has 0 spiro atoms. The first-order valence-electron chi connectivity index (χ1n) is 9.67. The first-order chi connectivity index (χ1) is 14.0. The van der Waals surface area contributed by atoms with E-state index < -0.39 is 0 Å². The van der Waals surface area contributed by atoms with E-state index in [0.717, 1.165) is 38.4 Å². The topological polar surface area (TPSA) is 54.0 Å². The van der Waals surface area contributed by atoms with Crippen LogP contribution >= 0.6 is 11.8 Å². The van der Waals surface area contributed by atoms with Crippen molar-refractivity contribution in [1.82, 2.24) is 15.6 Å². The Balaban J connectivity index is 2.43. The summed E-state index contributed by atoms with van der Waals surface area (Å²) < 4.78 is 0. The lowest BCUT2D eigenvalue weighted by Gasteiger charge is -2.16. The molecule has 0 saturated carbocycles. The molecule has 0 radical (unpaired) electrons. The van der Waals surface area contributed by atoms with Gasteiger partial charge < -0.3 is 10.6 Å². The molecule has 2 amide bonds. The van der Waals surface area contributed by atoms with Gasteiger partial charge in [0.25, 0.3) is 0 Å². The zero-order valence-corrected chi connectivity index (χ0v) is 18.4. The average Bonchev–Trinajstić information content (AvgIpc) is 2.70. The minimum atomic E-state index is -0.158. The van der Waals surface area contributed by atoms with E-state index in [1.165, 1.54) is 0 Å². The number of carbonyl (C=O) groups is 1. The fourth-order valence-electron chi connectivity index (χ4n) is 2.83. The van der Waals surface area contributed by atoms with Crippen molar-refractivity contribution in [2.24, 2.45) is 0 Å². The Hall–Kier alpha value is -2.79. The summed E-state index contributed by atoms with van der Waals surface area (Å²) in [5, 5.41) is 5.63. The number of aryl methyl sites for hydroxylation is 1. The van der Waals surface area contributed by atoms with Crippen molar-refractivity contribution in [3.05, 3.63) is 78.0 Å². The van der Waals surface area contributed by atoms with E-state index in [9.17, 15) is 4.79 Å². The van der Waals surface area contributed by atoms with Gasteiger partial charge in [-0.2, -0.15) is 0 Å². The smallest absolute Gasteiger partial charge is 0.315 e. The van der Waals surface area contributed by atoms with Gasteiger partial charge in [-0.1, -0.05) is 42.5 Å². The standard InChI is InChI=1S/C24H29N3OS/c1-6-19(12-11-17(3)4)20-14-18(5)23(29-16-27-24(28)25-7-2)21(15-20)22-10-8-9-13-26-22/h6,8-15H,3,7,16H2,1-2,4-5H3,(H2,25,27,28)/b12-11-,19-6+. The molecule has 152 valence electrons. The summed E-state index contributed by atoms with van der Waals surface area (Å²) in [6, 6.07) is 10.1. The van der Waals surface area contributed by atoms with E-state index in [1.54, 1.807) is 18.0 Å². The number of thioether (sulfide) groups is 1. The van der Waals surface area contributed by atoms with E-state index in [0.29, 0.717) is 12.4 Å². The molecule has 2 aromatic rings. The number of hydrogen-bond acceptors (Lipinski definition) is 3. The van der Waals surface area contributed by atoms with Gasteiger partial charge in [0.2, 0.25) is 0 Å². The van der Waals surface area contributed by atoms with Crippen LogP contribution in [0.15, 0.2) is 71.8 Å². The molecule has 2 rings (SSSR count). The lowest BCUT2D eigenvalue weighted by Crippen LogP contribution is -2.34. The number of allylic oxidation sites excluding steroid dienone is 5. The molecule has 1 heterocycles. The summed E-state index contributed by atoms with van der Waals surface area (Å²) in [6.45, 7) is 12.6. The maximum atomic E-state index is 11.7. The van der Waals surface area contributed by atoms with Gasteiger partial charge in [0, 0.05) is 23.2 Å². The largest absolute Gasteiger partial charge is 0.338 e. The number of nitrogens with zero attached hydrogens (tertiary/aromatic N) is 1. The summed E-state index contributed by atoms with van der Waals surface area (Å²) in [5.41, 5.74) is 6.39.